The van der Waals surface area contributed by atoms with Crippen LogP contribution in [0.1, 0.15) is 47.3 Å². The molecule has 0 bridgehead atoms. The summed E-state index contributed by atoms with van der Waals surface area (Å²) >= 11 is 0. The van der Waals surface area contributed by atoms with Crippen molar-refractivity contribution in [2.45, 2.75) is 33.2 Å². The van der Waals surface area contributed by atoms with E-state index in [4.69, 9.17) is 4.42 Å². The molecule has 3 heterocycles. The molecule has 0 aliphatic carbocycles. The molecule has 0 aliphatic rings. The van der Waals surface area contributed by atoms with Crippen molar-refractivity contribution < 1.29 is 14.3 Å². The standard InChI is InChI=1S/C16H17N3O3/c1-9(2)14-6-12(16(20)21)13-7-17-19(15(13)18-14)8-11-5-4-10(3)22-11/h4-7,9H,8H2,1-3H3,(H,20,21). The number of hydrogen-bond donors (Lipinski definition) is 1. The van der Waals surface area contributed by atoms with Crippen molar-refractivity contribution in [2.24, 2.45) is 0 Å². The first-order valence-electron chi connectivity index (χ1n) is 7.10. The van der Waals surface area contributed by atoms with E-state index in [1.807, 2.05) is 32.9 Å². The molecule has 0 atom stereocenters. The van der Waals surface area contributed by atoms with Crippen LogP contribution in [0.25, 0.3) is 11.0 Å². The van der Waals surface area contributed by atoms with Gasteiger partial charge in [0.2, 0.25) is 0 Å². The van der Waals surface area contributed by atoms with Crippen LogP contribution >= 0.6 is 0 Å². The van der Waals surface area contributed by atoms with Gasteiger partial charge in [0.1, 0.15) is 18.1 Å². The molecule has 6 heteroatoms. The normalized spacial score (nSPS) is 11.5. The first-order chi connectivity index (χ1) is 10.5. The van der Waals surface area contributed by atoms with Gasteiger partial charge in [-0.05, 0) is 31.0 Å². The highest BCUT2D eigenvalue weighted by atomic mass is 16.4. The molecule has 0 spiro atoms. The SMILES string of the molecule is Cc1ccc(Cn2ncc3c(C(=O)O)cc(C(C)C)nc32)o1. The Bertz CT molecular complexity index is 846. The molecule has 0 fully saturated rings. The van der Waals surface area contributed by atoms with E-state index in [-0.39, 0.29) is 11.5 Å². The lowest BCUT2D eigenvalue weighted by atomic mass is 10.1. The molecule has 0 radical (unpaired) electrons. The molecule has 22 heavy (non-hydrogen) atoms. The van der Waals surface area contributed by atoms with Crippen molar-refractivity contribution in [3.05, 3.63) is 47.2 Å². The maximum atomic E-state index is 11.5. The van der Waals surface area contributed by atoms with Gasteiger partial charge in [-0.3, -0.25) is 0 Å². The van der Waals surface area contributed by atoms with Gasteiger partial charge < -0.3 is 9.52 Å². The summed E-state index contributed by atoms with van der Waals surface area (Å²) < 4.78 is 7.23. The molecule has 0 aromatic carbocycles. The summed E-state index contributed by atoms with van der Waals surface area (Å²) in [6.07, 6.45) is 1.55. The molecule has 0 aliphatic heterocycles. The molecule has 0 unspecified atom stereocenters. The van der Waals surface area contributed by atoms with E-state index in [0.717, 1.165) is 17.2 Å². The third-order valence-electron chi connectivity index (χ3n) is 3.55. The number of hydrogen-bond acceptors (Lipinski definition) is 4. The summed E-state index contributed by atoms with van der Waals surface area (Å²) in [4.78, 5) is 16.1. The highest BCUT2D eigenvalue weighted by molar-refractivity contribution is 6.01. The second-order valence-electron chi connectivity index (χ2n) is 5.61. The predicted molar refractivity (Wildman–Crippen MR) is 81.1 cm³/mol. The van der Waals surface area contributed by atoms with Gasteiger partial charge in [0, 0.05) is 5.69 Å². The molecule has 1 N–H and O–H groups in total. The zero-order chi connectivity index (χ0) is 15.9. The first-order valence-corrected chi connectivity index (χ1v) is 7.10. The van der Waals surface area contributed by atoms with Crippen LogP contribution in [-0.4, -0.2) is 25.8 Å². The monoisotopic (exact) mass is 299 g/mol. The van der Waals surface area contributed by atoms with Crippen LogP contribution in [0.15, 0.2) is 28.8 Å². The average molecular weight is 299 g/mol. The van der Waals surface area contributed by atoms with E-state index >= 15 is 0 Å². The van der Waals surface area contributed by atoms with Crippen molar-refractivity contribution >= 4 is 17.0 Å². The summed E-state index contributed by atoms with van der Waals surface area (Å²) in [6.45, 7) is 6.26. The van der Waals surface area contributed by atoms with Gasteiger partial charge in [0.25, 0.3) is 0 Å². The van der Waals surface area contributed by atoms with Gasteiger partial charge >= 0.3 is 5.97 Å². The zero-order valence-corrected chi connectivity index (χ0v) is 12.7. The number of pyridine rings is 1. The smallest absolute Gasteiger partial charge is 0.336 e. The number of carbonyl (C=O) groups is 1. The lowest BCUT2D eigenvalue weighted by Gasteiger charge is -2.08. The van der Waals surface area contributed by atoms with Gasteiger partial charge in [0.05, 0.1) is 17.1 Å². The lowest BCUT2D eigenvalue weighted by molar-refractivity contribution is 0.0699. The second kappa shape index (κ2) is 5.29. The quantitative estimate of drug-likeness (QED) is 0.800. The molecule has 6 nitrogen and oxygen atoms in total. The molecule has 3 aromatic rings. The number of nitrogens with zero attached hydrogens (tertiary/aromatic N) is 3. The third-order valence-corrected chi connectivity index (χ3v) is 3.55. The Hall–Kier alpha value is -2.63. The average Bonchev–Trinajstić information content (AvgIpc) is 3.05. The van der Waals surface area contributed by atoms with E-state index in [1.54, 1.807) is 16.9 Å². The largest absolute Gasteiger partial charge is 0.478 e. The minimum Gasteiger partial charge on any atom is -0.478 e. The van der Waals surface area contributed by atoms with E-state index in [1.165, 1.54) is 0 Å². The van der Waals surface area contributed by atoms with E-state index < -0.39 is 5.97 Å². The maximum Gasteiger partial charge on any atom is 0.336 e. The Morgan fingerprint density at radius 3 is 2.77 bits per heavy atom. The Morgan fingerprint density at radius 1 is 1.41 bits per heavy atom. The topological polar surface area (TPSA) is 81.2 Å². The van der Waals surface area contributed by atoms with Crippen molar-refractivity contribution in [1.82, 2.24) is 14.8 Å². The van der Waals surface area contributed by atoms with Crippen molar-refractivity contribution in [2.75, 3.05) is 0 Å². The number of rotatable bonds is 4. The van der Waals surface area contributed by atoms with Crippen LogP contribution < -0.4 is 0 Å². The van der Waals surface area contributed by atoms with Crippen LogP contribution in [0.4, 0.5) is 0 Å². The van der Waals surface area contributed by atoms with Gasteiger partial charge in [-0.15, -0.1) is 0 Å². The van der Waals surface area contributed by atoms with Crippen molar-refractivity contribution in [1.29, 1.82) is 0 Å². The first kappa shape index (κ1) is 14.3. The number of aryl methyl sites for hydroxylation is 1. The van der Waals surface area contributed by atoms with E-state index in [9.17, 15) is 9.90 Å². The predicted octanol–water partition coefficient (Wildman–Crippen LogP) is 3.20. The number of aromatic carboxylic acids is 1. The van der Waals surface area contributed by atoms with Gasteiger partial charge in [-0.1, -0.05) is 13.8 Å². The molecule has 114 valence electrons. The fraction of sp³-hybridized carbons (Fsp3) is 0.312. The number of carboxylic acids is 1. The minimum atomic E-state index is -0.970. The van der Waals surface area contributed by atoms with Crippen LogP contribution in [0.3, 0.4) is 0 Å². The number of aromatic nitrogens is 3. The van der Waals surface area contributed by atoms with Crippen molar-refractivity contribution in [3.63, 3.8) is 0 Å². The van der Waals surface area contributed by atoms with Crippen LogP contribution in [0.5, 0.6) is 0 Å². The van der Waals surface area contributed by atoms with Gasteiger partial charge in [-0.2, -0.15) is 5.10 Å². The lowest BCUT2D eigenvalue weighted by Crippen LogP contribution is -2.06. The number of furan rings is 1. The minimum absolute atomic E-state index is 0.136. The fourth-order valence-corrected chi connectivity index (χ4v) is 2.37. The third kappa shape index (κ3) is 2.47. The summed E-state index contributed by atoms with van der Waals surface area (Å²) in [5, 5.41) is 14.2. The maximum absolute atomic E-state index is 11.5. The summed E-state index contributed by atoms with van der Waals surface area (Å²) in [5.74, 6) is 0.754. The Labute approximate surface area is 127 Å². The number of carboxylic acid groups (broad SMARTS) is 1. The molecular weight excluding hydrogens is 282 g/mol. The molecular formula is C16H17N3O3. The summed E-state index contributed by atoms with van der Waals surface area (Å²) in [6, 6.07) is 5.39. The van der Waals surface area contributed by atoms with Gasteiger partial charge in [-0.25, -0.2) is 14.5 Å². The highest BCUT2D eigenvalue weighted by Crippen LogP contribution is 2.23. The van der Waals surface area contributed by atoms with Crippen molar-refractivity contribution in [3.8, 4) is 0 Å². The zero-order valence-electron chi connectivity index (χ0n) is 12.7. The Kier molecular flexibility index (Phi) is 3.44. The fourth-order valence-electron chi connectivity index (χ4n) is 2.37. The molecule has 0 amide bonds. The molecule has 0 saturated heterocycles. The molecule has 0 saturated carbocycles. The summed E-state index contributed by atoms with van der Waals surface area (Å²) in [7, 11) is 0. The number of fused-ring (bicyclic) bond motifs is 1. The Balaban J connectivity index is 2.14. The van der Waals surface area contributed by atoms with Crippen LogP contribution in [-0.2, 0) is 6.54 Å². The van der Waals surface area contributed by atoms with E-state index in [2.05, 4.69) is 10.1 Å². The van der Waals surface area contributed by atoms with Crippen LogP contribution in [0, 0.1) is 6.92 Å². The summed E-state index contributed by atoms with van der Waals surface area (Å²) in [5.41, 5.74) is 1.54. The highest BCUT2D eigenvalue weighted by Gasteiger charge is 2.17. The molecule has 3 rings (SSSR count). The molecule has 3 aromatic heterocycles. The Morgan fingerprint density at radius 2 is 2.18 bits per heavy atom. The second-order valence-corrected chi connectivity index (χ2v) is 5.61. The van der Waals surface area contributed by atoms with Gasteiger partial charge in [0.15, 0.2) is 5.65 Å². The van der Waals surface area contributed by atoms with E-state index in [0.29, 0.717) is 17.6 Å². The van der Waals surface area contributed by atoms with Crippen LogP contribution in [0.2, 0.25) is 0 Å².